The minimum absolute atomic E-state index is 0.0656. The summed E-state index contributed by atoms with van der Waals surface area (Å²) < 4.78 is 0. The fraction of sp³-hybridized carbons (Fsp3) is 0.929. The van der Waals surface area contributed by atoms with E-state index in [0.717, 1.165) is 38.5 Å². The first kappa shape index (κ1) is 14.5. The highest BCUT2D eigenvalue weighted by molar-refractivity contribution is 5.84. The molecule has 1 saturated heterocycles. The molecule has 1 aliphatic rings. The van der Waals surface area contributed by atoms with Crippen LogP contribution in [0.1, 0.15) is 66.2 Å². The second-order valence-electron chi connectivity index (χ2n) is 5.13. The van der Waals surface area contributed by atoms with Crippen LogP contribution in [0.15, 0.2) is 0 Å². The molecule has 0 radical (unpaired) electrons. The van der Waals surface area contributed by atoms with E-state index in [0.29, 0.717) is 11.9 Å². The Labute approximate surface area is 106 Å². The Kier molecular flexibility index (Phi) is 5.96. The lowest BCUT2D eigenvalue weighted by Crippen LogP contribution is -2.42. The summed E-state index contributed by atoms with van der Waals surface area (Å²) in [5.41, 5.74) is 0. The number of rotatable bonds is 7. The van der Waals surface area contributed by atoms with Crippen molar-refractivity contribution in [3.8, 4) is 0 Å². The van der Waals surface area contributed by atoms with Crippen LogP contribution in [0, 0.1) is 0 Å². The number of nitrogens with one attached hydrogen (secondary N) is 1. The first-order valence-electron chi connectivity index (χ1n) is 7.23. The van der Waals surface area contributed by atoms with Crippen LogP contribution in [-0.2, 0) is 4.79 Å². The lowest BCUT2D eigenvalue weighted by molar-refractivity contribution is -0.132. The van der Waals surface area contributed by atoms with E-state index in [1.165, 1.54) is 0 Å². The van der Waals surface area contributed by atoms with Crippen molar-refractivity contribution >= 4 is 5.91 Å². The second-order valence-corrected chi connectivity index (χ2v) is 5.13. The molecule has 0 aliphatic carbocycles. The lowest BCUT2D eigenvalue weighted by atomic mass is 10.1. The fourth-order valence-electron chi connectivity index (χ4n) is 2.80. The first-order valence-corrected chi connectivity index (χ1v) is 7.23. The molecule has 0 aromatic carbocycles. The van der Waals surface area contributed by atoms with E-state index >= 15 is 0 Å². The molecule has 0 aromatic rings. The molecular formula is C14H28N2O. The average Bonchev–Trinajstić information content (AvgIpc) is 2.59. The van der Waals surface area contributed by atoms with E-state index < -0.39 is 0 Å². The maximum absolute atomic E-state index is 12.4. The summed E-state index contributed by atoms with van der Waals surface area (Å²) in [7, 11) is 0. The number of hydrogen-bond acceptors (Lipinski definition) is 2. The number of carbonyl (C=O) groups excluding carboxylic acids is 1. The Morgan fingerprint density at radius 3 is 2.53 bits per heavy atom. The zero-order valence-electron chi connectivity index (χ0n) is 11.8. The van der Waals surface area contributed by atoms with E-state index in [2.05, 4.69) is 37.9 Å². The normalized spacial score (nSPS) is 26.6. The van der Waals surface area contributed by atoms with Gasteiger partial charge < -0.3 is 4.90 Å². The van der Waals surface area contributed by atoms with Crippen LogP contribution in [0.3, 0.4) is 0 Å². The van der Waals surface area contributed by atoms with E-state index in [1.807, 2.05) is 0 Å². The molecule has 1 heterocycles. The number of nitrogens with zero attached hydrogens (tertiary/aromatic N) is 1. The SMILES string of the molecule is CCCCC1NC(C)N(C(CC)CCC)C1=O. The van der Waals surface area contributed by atoms with Gasteiger partial charge >= 0.3 is 0 Å². The Morgan fingerprint density at radius 2 is 2.00 bits per heavy atom. The van der Waals surface area contributed by atoms with Crippen molar-refractivity contribution in [3.05, 3.63) is 0 Å². The molecule has 1 fully saturated rings. The highest BCUT2D eigenvalue weighted by atomic mass is 16.2. The van der Waals surface area contributed by atoms with Gasteiger partial charge in [0.15, 0.2) is 0 Å². The summed E-state index contributed by atoms with van der Waals surface area (Å²) in [6.45, 7) is 8.66. The summed E-state index contributed by atoms with van der Waals surface area (Å²) in [6, 6.07) is 0.484. The van der Waals surface area contributed by atoms with Crippen molar-refractivity contribution in [2.75, 3.05) is 0 Å². The molecule has 0 bridgehead atoms. The van der Waals surface area contributed by atoms with Crippen LogP contribution in [-0.4, -0.2) is 29.1 Å². The van der Waals surface area contributed by atoms with E-state index in [-0.39, 0.29) is 12.2 Å². The van der Waals surface area contributed by atoms with Gasteiger partial charge in [0.2, 0.25) is 5.91 Å². The molecule has 0 aromatic heterocycles. The van der Waals surface area contributed by atoms with Gasteiger partial charge in [-0.2, -0.15) is 0 Å². The molecule has 0 spiro atoms. The van der Waals surface area contributed by atoms with E-state index in [4.69, 9.17) is 0 Å². The number of carbonyl (C=O) groups is 1. The van der Waals surface area contributed by atoms with Crippen molar-refractivity contribution < 1.29 is 4.79 Å². The summed E-state index contributed by atoms with van der Waals surface area (Å²) in [4.78, 5) is 14.4. The molecule has 0 saturated carbocycles. The van der Waals surface area contributed by atoms with E-state index in [9.17, 15) is 4.79 Å². The molecule has 1 amide bonds. The van der Waals surface area contributed by atoms with Gasteiger partial charge in [-0.05, 0) is 26.2 Å². The molecule has 1 aliphatic heterocycles. The molecule has 1 rings (SSSR count). The van der Waals surface area contributed by atoms with Gasteiger partial charge in [0.1, 0.15) is 0 Å². The van der Waals surface area contributed by atoms with Crippen LogP contribution >= 0.6 is 0 Å². The summed E-state index contributed by atoms with van der Waals surface area (Å²) in [5, 5.41) is 3.44. The van der Waals surface area contributed by atoms with Gasteiger partial charge in [0.05, 0.1) is 12.2 Å². The minimum Gasteiger partial charge on any atom is -0.323 e. The predicted molar refractivity (Wildman–Crippen MR) is 71.7 cm³/mol. The molecule has 1 N–H and O–H groups in total. The third-order valence-corrected chi connectivity index (χ3v) is 3.75. The molecule has 3 heteroatoms. The smallest absolute Gasteiger partial charge is 0.241 e. The standard InChI is InChI=1S/C14H28N2O/c1-5-8-10-13-14(17)16(11(4)15-13)12(7-3)9-6-2/h11-13,15H,5-10H2,1-4H3. The monoisotopic (exact) mass is 240 g/mol. The summed E-state index contributed by atoms with van der Waals surface area (Å²) in [6.07, 6.45) is 6.82. The Balaban J connectivity index is 2.63. The van der Waals surface area contributed by atoms with Crippen LogP contribution in [0.4, 0.5) is 0 Å². The van der Waals surface area contributed by atoms with Crippen molar-refractivity contribution in [2.24, 2.45) is 0 Å². The van der Waals surface area contributed by atoms with Crippen LogP contribution < -0.4 is 5.32 Å². The molecule has 3 atom stereocenters. The van der Waals surface area contributed by atoms with Crippen LogP contribution in [0.5, 0.6) is 0 Å². The Hall–Kier alpha value is -0.570. The van der Waals surface area contributed by atoms with Crippen molar-refractivity contribution in [2.45, 2.75) is 84.5 Å². The summed E-state index contributed by atoms with van der Waals surface area (Å²) >= 11 is 0. The highest BCUT2D eigenvalue weighted by Gasteiger charge is 2.38. The molecule has 3 nitrogen and oxygen atoms in total. The topological polar surface area (TPSA) is 32.3 Å². The number of amides is 1. The number of hydrogen-bond donors (Lipinski definition) is 1. The molecule has 17 heavy (non-hydrogen) atoms. The van der Waals surface area contributed by atoms with Crippen LogP contribution in [0.2, 0.25) is 0 Å². The lowest BCUT2D eigenvalue weighted by Gasteiger charge is -2.30. The highest BCUT2D eigenvalue weighted by Crippen LogP contribution is 2.22. The fourth-order valence-corrected chi connectivity index (χ4v) is 2.80. The van der Waals surface area contributed by atoms with Crippen molar-refractivity contribution in [3.63, 3.8) is 0 Å². The van der Waals surface area contributed by atoms with Crippen molar-refractivity contribution in [1.82, 2.24) is 10.2 Å². The van der Waals surface area contributed by atoms with Gasteiger partial charge in [0.25, 0.3) is 0 Å². The largest absolute Gasteiger partial charge is 0.323 e. The van der Waals surface area contributed by atoms with Gasteiger partial charge in [-0.25, -0.2) is 0 Å². The van der Waals surface area contributed by atoms with E-state index in [1.54, 1.807) is 0 Å². The Morgan fingerprint density at radius 1 is 1.29 bits per heavy atom. The molecule has 3 unspecified atom stereocenters. The van der Waals surface area contributed by atoms with Gasteiger partial charge in [-0.3, -0.25) is 10.1 Å². The zero-order chi connectivity index (χ0) is 12.8. The Bertz CT molecular complexity index is 242. The minimum atomic E-state index is 0.0656. The predicted octanol–water partition coefficient (Wildman–Crippen LogP) is 2.90. The molecular weight excluding hydrogens is 212 g/mol. The third kappa shape index (κ3) is 3.44. The zero-order valence-corrected chi connectivity index (χ0v) is 11.8. The van der Waals surface area contributed by atoms with Crippen LogP contribution in [0.25, 0.3) is 0 Å². The van der Waals surface area contributed by atoms with Gasteiger partial charge in [-0.1, -0.05) is 40.0 Å². The third-order valence-electron chi connectivity index (χ3n) is 3.75. The second kappa shape index (κ2) is 7.00. The van der Waals surface area contributed by atoms with Gasteiger partial charge in [-0.15, -0.1) is 0 Å². The maximum Gasteiger partial charge on any atom is 0.241 e. The first-order chi connectivity index (χ1) is 8.15. The summed E-state index contributed by atoms with van der Waals surface area (Å²) in [5.74, 6) is 0.325. The van der Waals surface area contributed by atoms with Gasteiger partial charge in [0, 0.05) is 6.04 Å². The maximum atomic E-state index is 12.4. The quantitative estimate of drug-likeness (QED) is 0.742. The number of unbranched alkanes of at least 4 members (excludes halogenated alkanes) is 1. The average molecular weight is 240 g/mol. The van der Waals surface area contributed by atoms with Crippen molar-refractivity contribution in [1.29, 1.82) is 0 Å². The molecule has 100 valence electrons.